The average molecular weight is 372 g/mol. The van der Waals surface area contributed by atoms with Gasteiger partial charge in [-0.05, 0) is 36.8 Å². The summed E-state index contributed by atoms with van der Waals surface area (Å²) < 4.78 is 1.95. The van der Waals surface area contributed by atoms with Gasteiger partial charge in [-0.3, -0.25) is 9.78 Å². The highest BCUT2D eigenvalue weighted by molar-refractivity contribution is 7.99. The van der Waals surface area contributed by atoms with E-state index in [0.29, 0.717) is 5.75 Å². The van der Waals surface area contributed by atoms with E-state index >= 15 is 0 Å². The van der Waals surface area contributed by atoms with Crippen LogP contribution >= 0.6 is 11.8 Å². The Labute approximate surface area is 158 Å². The van der Waals surface area contributed by atoms with E-state index in [9.17, 15) is 4.79 Å². The predicted molar refractivity (Wildman–Crippen MR) is 102 cm³/mol. The van der Waals surface area contributed by atoms with Crippen LogP contribution in [-0.4, -0.2) is 49.4 Å². The van der Waals surface area contributed by atoms with Crippen LogP contribution in [-0.2, 0) is 11.8 Å². The third-order valence-electron chi connectivity index (χ3n) is 5.74. The van der Waals surface area contributed by atoms with Crippen LogP contribution in [0.15, 0.2) is 29.7 Å². The summed E-state index contributed by atoms with van der Waals surface area (Å²) in [6.45, 7) is 1.87. The molecule has 1 saturated heterocycles. The zero-order valence-electron chi connectivity index (χ0n) is 15.2. The molecule has 3 heterocycles. The average Bonchev–Trinajstić information content (AvgIpc) is 3.07. The van der Waals surface area contributed by atoms with Gasteiger partial charge in [-0.25, -0.2) is 0 Å². The summed E-state index contributed by atoms with van der Waals surface area (Å²) in [4.78, 5) is 18.8. The summed E-state index contributed by atoms with van der Waals surface area (Å²) in [5, 5.41) is 9.31. The Bertz CT molecular complexity index is 763. The van der Waals surface area contributed by atoms with Gasteiger partial charge in [0.05, 0.1) is 5.75 Å². The lowest BCUT2D eigenvalue weighted by molar-refractivity contribution is -0.131. The van der Waals surface area contributed by atoms with Gasteiger partial charge in [0, 0.05) is 38.1 Å². The van der Waals surface area contributed by atoms with E-state index in [1.54, 1.807) is 12.4 Å². The molecule has 0 spiro atoms. The summed E-state index contributed by atoms with van der Waals surface area (Å²) in [6.07, 6.45) is 10.0. The van der Waals surface area contributed by atoms with Gasteiger partial charge in [0.15, 0.2) is 11.0 Å². The van der Waals surface area contributed by atoms with Gasteiger partial charge in [-0.1, -0.05) is 31.0 Å². The van der Waals surface area contributed by atoms with E-state index in [0.717, 1.165) is 41.5 Å². The second-order valence-electron chi connectivity index (χ2n) is 7.32. The number of piperidine rings is 1. The molecule has 1 saturated carbocycles. The first kappa shape index (κ1) is 17.5. The number of aromatic nitrogens is 4. The van der Waals surface area contributed by atoms with E-state index in [4.69, 9.17) is 0 Å². The summed E-state index contributed by atoms with van der Waals surface area (Å²) in [6, 6.07) is 3.83. The fraction of sp³-hybridized carbons (Fsp3) is 0.579. The molecule has 138 valence electrons. The molecule has 26 heavy (non-hydrogen) atoms. The van der Waals surface area contributed by atoms with Crippen LogP contribution in [0.5, 0.6) is 0 Å². The molecule has 2 fully saturated rings. The Hall–Kier alpha value is -1.89. The van der Waals surface area contributed by atoms with Crippen LogP contribution in [0.1, 0.15) is 32.1 Å². The number of likely N-dealkylation sites (tertiary alicyclic amines) is 1. The van der Waals surface area contributed by atoms with E-state index in [1.165, 1.54) is 43.9 Å². The van der Waals surface area contributed by atoms with Crippen molar-refractivity contribution in [2.24, 2.45) is 18.9 Å². The molecule has 4 rings (SSSR count). The number of nitrogens with zero attached hydrogens (tertiary/aromatic N) is 5. The smallest absolute Gasteiger partial charge is 0.233 e. The molecule has 0 N–H and O–H groups in total. The first-order valence-electron chi connectivity index (χ1n) is 9.42. The number of carbonyl (C=O) groups is 1. The Morgan fingerprint density at radius 3 is 2.73 bits per heavy atom. The van der Waals surface area contributed by atoms with Crippen molar-refractivity contribution < 1.29 is 4.79 Å². The van der Waals surface area contributed by atoms with Gasteiger partial charge in [0.1, 0.15) is 0 Å². The van der Waals surface area contributed by atoms with Gasteiger partial charge >= 0.3 is 0 Å². The second-order valence-corrected chi connectivity index (χ2v) is 8.27. The molecular formula is C19H25N5OS. The third kappa shape index (κ3) is 3.63. The normalized spacial score (nSPS) is 22.9. The van der Waals surface area contributed by atoms with Crippen molar-refractivity contribution >= 4 is 17.7 Å². The maximum Gasteiger partial charge on any atom is 0.233 e. The maximum absolute atomic E-state index is 12.7. The molecule has 0 aromatic carbocycles. The fourth-order valence-electron chi connectivity index (χ4n) is 4.24. The number of hydrogen-bond donors (Lipinski definition) is 0. The van der Waals surface area contributed by atoms with E-state index in [2.05, 4.69) is 20.1 Å². The Morgan fingerprint density at radius 2 is 1.92 bits per heavy atom. The quantitative estimate of drug-likeness (QED) is 0.773. The number of carbonyl (C=O) groups excluding carboxylic acids is 1. The molecule has 2 aromatic heterocycles. The van der Waals surface area contributed by atoms with E-state index in [-0.39, 0.29) is 5.91 Å². The fourth-order valence-corrected chi connectivity index (χ4v) is 5.05. The minimum absolute atomic E-state index is 0.229. The standard InChI is InChI=1S/C19H25N5OS/c1-23-18(15-6-9-20-10-7-15)21-22-19(23)26-13-17(25)24-11-8-14-4-2-3-5-16(14)12-24/h6-7,9-10,14,16H,2-5,8,11-13H2,1H3/t14-,16-/m1/s1. The van der Waals surface area contributed by atoms with Crippen molar-refractivity contribution in [1.82, 2.24) is 24.6 Å². The van der Waals surface area contributed by atoms with Crippen LogP contribution < -0.4 is 0 Å². The van der Waals surface area contributed by atoms with Crippen molar-refractivity contribution in [3.8, 4) is 11.4 Å². The SMILES string of the molecule is Cn1c(SCC(=O)N2CC[C@H]3CCCC[C@@H]3C2)nnc1-c1ccncc1. The van der Waals surface area contributed by atoms with Crippen LogP contribution in [0, 0.1) is 11.8 Å². The van der Waals surface area contributed by atoms with Crippen molar-refractivity contribution in [1.29, 1.82) is 0 Å². The molecule has 0 radical (unpaired) electrons. The lowest BCUT2D eigenvalue weighted by Crippen LogP contribution is -2.45. The molecule has 0 bridgehead atoms. The monoisotopic (exact) mass is 371 g/mol. The molecule has 7 heteroatoms. The minimum Gasteiger partial charge on any atom is -0.342 e. The van der Waals surface area contributed by atoms with Crippen molar-refractivity contribution in [3.05, 3.63) is 24.5 Å². The van der Waals surface area contributed by atoms with Crippen LogP contribution in [0.4, 0.5) is 0 Å². The lowest BCUT2D eigenvalue weighted by Gasteiger charge is -2.41. The topological polar surface area (TPSA) is 63.9 Å². The molecule has 2 aliphatic rings. The third-order valence-corrected chi connectivity index (χ3v) is 6.75. The predicted octanol–water partition coefficient (Wildman–Crippen LogP) is 3.01. The molecule has 0 unspecified atom stereocenters. The largest absolute Gasteiger partial charge is 0.342 e. The lowest BCUT2D eigenvalue weighted by atomic mass is 9.75. The van der Waals surface area contributed by atoms with Crippen LogP contribution in [0.3, 0.4) is 0 Å². The summed E-state index contributed by atoms with van der Waals surface area (Å²) >= 11 is 1.48. The molecule has 1 aliphatic heterocycles. The van der Waals surface area contributed by atoms with Crippen molar-refractivity contribution in [2.75, 3.05) is 18.8 Å². The van der Waals surface area contributed by atoms with Gasteiger partial charge in [-0.15, -0.1) is 10.2 Å². The Kier molecular flexibility index (Phi) is 5.24. The molecule has 1 amide bonds. The zero-order chi connectivity index (χ0) is 17.9. The first-order chi connectivity index (χ1) is 12.7. The van der Waals surface area contributed by atoms with Crippen LogP contribution in [0.2, 0.25) is 0 Å². The number of hydrogen-bond acceptors (Lipinski definition) is 5. The number of thioether (sulfide) groups is 1. The molecule has 6 nitrogen and oxygen atoms in total. The first-order valence-corrected chi connectivity index (χ1v) is 10.4. The number of amides is 1. The highest BCUT2D eigenvalue weighted by atomic mass is 32.2. The van der Waals surface area contributed by atoms with Gasteiger partial charge in [0.25, 0.3) is 0 Å². The zero-order valence-corrected chi connectivity index (χ0v) is 16.0. The summed E-state index contributed by atoms with van der Waals surface area (Å²) in [7, 11) is 1.94. The number of rotatable bonds is 4. The van der Waals surface area contributed by atoms with Crippen molar-refractivity contribution in [2.45, 2.75) is 37.3 Å². The highest BCUT2D eigenvalue weighted by Gasteiger charge is 2.32. The van der Waals surface area contributed by atoms with Gasteiger partial charge in [0.2, 0.25) is 5.91 Å². The number of pyridine rings is 1. The highest BCUT2D eigenvalue weighted by Crippen LogP contribution is 2.36. The molecule has 2 atom stereocenters. The molecule has 2 aromatic rings. The number of fused-ring (bicyclic) bond motifs is 1. The second kappa shape index (κ2) is 7.78. The molecular weight excluding hydrogens is 346 g/mol. The van der Waals surface area contributed by atoms with Gasteiger partial charge < -0.3 is 9.47 Å². The van der Waals surface area contributed by atoms with E-state index < -0.39 is 0 Å². The Morgan fingerprint density at radius 1 is 1.15 bits per heavy atom. The van der Waals surface area contributed by atoms with Crippen molar-refractivity contribution in [3.63, 3.8) is 0 Å². The minimum atomic E-state index is 0.229. The summed E-state index contributed by atoms with van der Waals surface area (Å²) in [5.74, 6) is 3.03. The van der Waals surface area contributed by atoms with Crippen LogP contribution in [0.25, 0.3) is 11.4 Å². The maximum atomic E-state index is 12.7. The Balaban J connectivity index is 1.36. The molecule has 1 aliphatic carbocycles. The van der Waals surface area contributed by atoms with Gasteiger partial charge in [-0.2, -0.15) is 0 Å². The van der Waals surface area contributed by atoms with E-state index in [1.807, 2.05) is 23.7 Å². The summed E-state index contributed by atoms with van der Waals surface area (Å²) in [5.41, 5.74) is 0.979.